The van der Waals surface area contributed by atoms with Crippen LogP contribution in [0.25, 0.3) is 0 Å². The summed E-state index contributed by atoms with van der Waals surface area (Å²) in [4.78, 5) is 2.37. The van der Waals surface area contributed by atoms with E-state index in [9.17, 15) is 5.11 Å². The van der Waals surface area contributed by atoms with Crippen molar-refractivity contribution in [3.8, 4) is 0 Å². The van der Waals surface area contributed by atoms with E-state index in [1.54, 1.807) is 0 Å². The molecule has 0 spiro atoms. The van der Waals surface area contributed by atoms with E-state index in [4.69, 9.17) is 0 Å². The number of rotatable bonds is 6. The topological polar surface area (TPSA) is 35.5 Å². The molecular formula is C11H24N2O. The molecule has 1 saturated heterocycles. The molecular weight excluding hydrogens is 176 g/mol. The third kappa shape index (κ3) is 4.40. The molecule has 0 amide bonds. The Hall–Kier alpha value is -0.120. The number of aliphatic hydroxyl groups excluding tert-OH is 1. The Kier molecular flexibility index (Phi) is 5.45. The molecule has 2 N–H and O–H groups in total. The predicted molar refractivity (Wildman–Crippen MR) is 59.4 cm³/mol. The van der Waals surface area contributed by atoms with Crippen LogP contribution >= 0.6 is 0 Å². The maximum atomic E-state index is 9.36. The summed E-state index contributed by atoms with van der Waals surface area (Å²) in [5, 5.41) is 12.9. The summed E-state index contributed by atoms with van der Waals surface area (Å²) in [5.41, 5.74) is 0. The fraction of sp³-hybridized carbons (Fsp3) is 1.00. The van der Waals surface area contributed by atoms with Gasteiger partial charge in [-0.1, -0.05) is 6.92 Å². The highest BCUT2D eigenvalue weighted by Gasteiger charge is 2.17. The largest absolute Gasteiger partial charge is 0.392 e. The van der Waals surface area contributed by atoms with Gasteiger partial charge < -0.3 is 10.4 Å². The van der Waals surface area contributed by atoms with Crippen molar-refractivity contribution in [1.29, 1.82) is 0 Å². The average molecular weight is 200 g/mol. The standard InChI is InChI=1S/C11H24N2O/c1-3-7-13(8-10(2)14)9-11-5-4-6-12-11/h10-12,14H,3-9H2,1-2H3/t10-,11?/m1/s1. The first-order valence-electron chi connectivity index (χ1n) is 5.86. The van der Waals surface area contributed by atoms with Crippen LogP contribution in [-0.4, -0.2) is 48.3 Å². The van der Waals surface area contributed by atoms with Gasteiger partial charge >= 0.3 is 0 Å². The smallest absolute Gasteiger partial charge is 0.0639 e. The van der Waals surface area contributed by atoms with Gasteiger partial charge in [0.25, 0.3) is 0 Å². The maximum Gasteiger partial charge on any atom is 0.0639 e. The second-order valence-electron chi connectivity index (χ2n) is 4.40. The van der Waals surface area contributed by atoms with Crippen molar-refractivity contribution >= 4 is 0 Å². The van der Waals surface area contributed by atoms with Crippen molar-refractivity contribution in [1.82, 2.24) is 10.2 Å². The predicted octanol–water partition coefficient (Wildman–Crippen LogP) is 0.831. The lowest BCUT2D eigenvalue weighted by atomic mass is 10.2. The highest BCUT2D eigenvalue weighted by molar-refractivity contribution is 4.78. The van der Waals surface area contributed by atoms with Crippen molar-refractivity contribution in [3.05, 3.63) is 0 Å². The lowest BCUT2D eigenvalue weighted by Gasteiger charge is -2.26. The van der Waals surface area contributed by atoms with Crippen molar-refractivity contribution in [2.45, 2.75) is 45.3 Å². The van der Waals surface area contributed by atoms with Crippen LogP contribution in [0.5, 0.6) is 0 Å². The molecule has 0 bridgehead atoms. The zero-order valence-electron chi connectivity index (χ0n) is 9.50. The molecule has 0 aliphatic carbocycles. The van der Waals surface area contributed by atoms with E-state index >= 15 is 0 Å². The molecule has 0 aromatic rings. The van der Waals surface area contributed by atoms with Crippen LogP contribution in [0, 0.1) is 0 Å². The van der Waals surface area contributed by atoms with E-state index in [-0.39, 0.29) is 6.10 Å². The summed E-state index contributed by atoms with van der Waals surface area (Å²) < 4.78 is 0. The van der Waals surface area contributed by atoms with Crippen LogP contribution in [0.2, 0.25) is 0 Å². The van der Waals surface area contributed by atoms with Gasteiger partial charge in [0.15, 0.2) is 0 Å². The molecule has 1 aliphatic rings. The van der Waals surface area contributed by atoms with Crippen LogP contribution in [0.15, 0.2) is 0 Å². The Bertz CT molecular complexity index is 144. The van der Waals surface area contributed by atoms with Gasteiger partial charge in [-0.3, -0.25) is 4.90 Å². The van der Waals surface area contributed by atoms with E-state index in [0.717, 1.165) is 19.6 Å². The van der Waals surface area contributed by atoms with Gasteiger partial charge in [0.2, 0.25) is 0 Å². The van der Waals surface area contributed by atoms with Crippen LogP contribution in [0.4, 0.5) is 0 Å². The number of hydrogen-bond acceptors (Lipinski definition) is 3. The minimum Gasteiger partial charge on any atom is -0.392 e. The second-order valence-corrected chi connectivity index (χ2v) is 4.40. The van der Waals surface area contributed by atoms with E-state index in [0.29, 0.717) is 6.04 Å². The maximum absolute atomic E-state index is 9.36. The fourth-order valence-electron chi connectivity index (χ4n) is 2.17. The van der Waals surface area contributed by atoms with E-state index in [2.05, 4.69) is 17.1 Å². The molecule has 14 heavy (non-hydrogen) atoms. The molecule has 0 aromatic heterocycles. The summed E-state index contributed by atoms with van der Waals surface area (Å²) in [6.45, 7) is 8.23. The van der Waals surface area contributed by atoms with Crippen molar-refractivity contribution < 1.29 is 5.11 Å². The molecule has 0 aromatic carbocycles. The van der Waals surface area contributed by atoms with Gasteiger partial charge in [0, 0.05) is 19.1 Å². The highest BCUT2D eigenvalue weighted by Crippen LogP contribution is 2.07. The van der Waals surface area contributed by atoms with Gasteiger partial charge in [-0.2, -0.15) is 0 Å². The van der Waals surface area contributed by atoms with Gasteiger partial charge in [-0.15, -0.1) is 0 Å². The fourth-order valence-corrected chi connectivity index (χ4v) is 2.17. The third-order valence-corrected chi connectivity index (χ3v) is 2.70. The van der Waals surface area contributed by atoms with Crippen LogP contribution in [-0.2, 0) is 0 Å². The SMILES string of the molecule is CCCN(CC1CCCN1)C[C@@H](C)O. The quantitative estimate of drug-likeness (QED) is 0.667. The zero-order chi connectivity index (χ0) is 10.4. The van der Waals surface area contributed by atoms with Crippen molar-refractivity contribution in [2.75, 3.05) is 26.2 Å². The minimum atomic E-state index is -0.206. The van der Waals surface area contributed by atoms with E-state index in [1.807, 2.05) is 6.92 Å². The van der Waals surface area contributed by atoms with Gasteiger partial charge in [-0.05, 0) is 39.3 Å². The molecule has 1 rings (SSSR count). The van der Waals surface area contributed by atoms with Gasteiger partial charge in [0.05, 0.1) is 6.10 Å². The molecule has 3 nitrogen and oxygen atoms in total. The van der Waals surface area contributed by atoms with Crippen LogP contribution in [0.3, 0.4) is 0 Å². The number of nitrogens with one attached hydrogen (secondary N) is 1. The third-order valence-electron chi connectivity index (χ3n) is 2.70. The summed E-state index contributed by atoms with van der Waals surface area (Å²) in [6.07, 6.45) is 3.56. The lowest BCUT2D eigenvalue weighted by molar-refractivity contribution is 0.121. The van der Waals surface area contributed by atoms with Crippen molar-refractivity contribution in [2.24, 2.45) is 0 Å². The Labute approximate surface area is 87.5 Å². The molecule has 0 saturated carbocycles. The monoisotopic (exact) mass is 200 g/mol. The minimum absolute atomic E-state index is 0.206. The van der Waals surface area contributed by atoms with E-state index < -0.39 is 0 Å². The highest BCUT2D eigenvalue weighted by atomic mass is 16.3. The Morgan fingerprint density at radius 2 is 2.36 bits per heavy atom. The molecule has 84 valence electrons. The molecule has 0 radical (unpaired) electrons. The van der Waals surface area contributed by atoms with Gasteiger partial charge in [-0.25, -0.2) is 0 Å². The number of aliphatic hydroxyl groups is 1. The average Bonchev–Trinajstić information content (AvgIpc) is 2.56. The molecule has 3 heteroatoms. The summed E-state index contributed by atoms with van der Waals surface area (Å²) >= 11 is 0. The Morgan fingerprint density at radius 3 is 2.86 bits per heavy atom. The first kappa shape index (κ1) is 12.0. The molecule has 2 atom stereocenters. The molecule has 1 aliphatic heterocycles. The zero-order valence-corrected chi connectivity index (χ0v) is 9.50. The Balaban J connectivity index is 2.25. The van der Waals surface area contributed by atoms with Gasteiger partial charge in [0.1, 0.15) is 0 Å². The lowest BCUT2D eigenvalue weighted by Crippen LogP contribution is -2.41. The molecule has 1 fully saturated rings. The summed E-state index contributed by atoms with van der Waals surface area (Å²) in [6, 6.07) is 0.653. The second kappa shape index (κ2) is 6.38. The first-order chi connectivity index (χ1) is 6.72. The van der Waals surface area contributed by atoms with Crippen LogP contribution in [0.1, 0.15) is 33.1 Å². The summed E-state index contributed by atoms with van der Waals surface area (Å²) in [5.74, 6) is 0. The molecule has 1 unspecified atom stereocenters. The molecule has 1 heterocycles. The first-order valence-corrected chi connectivity index (χ1v) is 5.86. The Morgan fingerprint density at radius 1 is 1.57 bits per heavy atom. The van der Waals surface area contributed by atoms with Crippen molar-refractivity contribution in [3.63, 3.8) is 0 Å². The van der Waals surface area contributed by atoms with E-state index in [1.165, 1.54) is 25.8 Å². The number of hydrogen-bond donors (Lipinski definition) is 2. The number of nitrogens with zero attached hydrogens (tertiary/aromatic N) is 1. The normalized spacial score (nSPS) is 24.4. The summed E-state index contributed by atoms with van der Waals surface area (Å²) in [7, 11) is 0. The van der Waals surface area contributed by atoms with Crippen LogP contribution < -0.4 is 5.32 Å².